The zero-order chi connectivity index (χ0) is 29.4. The van der Waals surface area contributed by atoms with Crippen LogP contribution in [0.5, 0.6) is 6.01 Å². The monoisotopic (exact) mass is 573 g/mol. The highest BCUT2D eigenvalue weighted by Crippen LogP contribution is 2.58. The molecule has 3 saturated carbocycles. The van der Waals surface area contributed by atoms with Gasteiger partial charge < -0.3 is 18.9 Å². The van der Waals surface area contributed by atoms with E-state index in [0.29, 0.717) is 25.8 Å². The fourth-order valence-electron chi connectivity index (χ4n) is 6.88. The van der Waals surface area contributed by atoms with E-state index in [4.69, 9.17) is 19.0 Å². The third-order valence-electron chi connectivity index (χ3n) is 9.68. The predicted octanol–water partition coefficient (Wildman–Crippen LogP) is 6.27. The number of carbonyl (C=O) groups is 1. The van der Waals surface area contributed by atoms with Crippen LogP contribution in [0.4, 0.5) is 5.69 Å². The fraction of sp³-hybridized carbons (Fsp3) is 0.606. The second kappa shape index (κ2) is 11.4. The molecule has 3 aliphatic carbocycles. The summed E-state index contributed by atoms with van der Waals surface area (Å²) in [4.78, 5) is 29.8. The SMILES string of the molecule is CCOc1ncc(-c2cccc(N(CC34CCC(c5nc(C(C)(C)C)no5)(CC3)CC4)C(=O)C3CCOCC3)c2)cn1. The van der Waals surface area contributed by atoms with Crippen molar-refractivity contribution in [1.82, 2.24) is 20.1 Å². The average Bonchev–Trinajstić information content (AvgIpc) is 3.54. The van der Waals surface area contributed by atoms with E-state index in [2.05, 4.69) is 52.9 Å². The van der Waals surface area contributed by atoms with Gasteiger partial charge in [-0.2, -0.15) is 4.98 Å². The molecule has 3 heterocycles. The minimum Gasteiger partial charge on any atom is -0.464 e. The van der Waals surface area contributed by atoms with Crippen molar-refractivity contribution in [3.63, 3.8) is 0 Å². The van der Waals surface area contributed by atoms with Crippen molar-refractivity contribution in [3.8, 4) is 17.1 Å². The summed E-state index contributed by atoms with van der Waals surface area (Å²) in [5.41, 5.74) is 2.71. The van der Waals surface area contributed by atoms with Crippen LogP contribution in [0.15, 0.2) is 41.2 Å². The molecule has 2 aromatic heterocycles. The van der Waals surface area contributed by atoms with Gasteiger partial charge in [-0.3, -0.25) is 4.79 Å². The molecule has 224 valence electrons. The van der Waals surface area contributed by atoms with Gasteiger partial charge in [0.1, 0.15) is 0 Å². The summed E-state index contributed by atoms with van der Waals surface area (Å²) < 4.78 is 16.9. The van der Waals surface area contributed by atoms with E-state index < -0.39 is 0 Å². The molecule has 0 radical (unpaired) electrons. The Labute approximate surface area is 248 Å². The highest BCUT2D eigenvalue weighted by molar-refractivity contribution is 5.96. The molecule has 7 rings (SSSR count). The Bertz CT molecular complexity index is 1370. The quantitative estimate of drug-likeness (QED) is 0.310. The van der Waals surface area contributed by atoms with E-state index in [9.17, 15) is 4.79 Å². The molecule has 4 aliphatic rings. The lowest BCUT2D eigenvalue weighted by molar-refractivity contribution is -0.126. The van der Waals surface area contributed by atoms with Crippen molar-refractivity contribution in [1.29, 1.82) is 0 Å². The smallest absolute Gasteiger partial charge is 0.316 e. The number of amides is 1. The van der Waals surface area contributed by atoms with Crippen molar-refractivity contribution in [2.24, 2.45) is 11.3 Å². The molecule has 9 nitrogen and oxygen atoms in total. The van der Waals surface area contributed by atoms with E-state index in [1.807, 2.05) is 19.1 Å². The first-order chi connectivity index (χ1) is 20.2. The normalized spacial score (nSPS) is 24.5. The number of nitrogens with zero attached hydrogens (tertiary/aromatic N) is 5. The number of ether oxygens (including phenoxy) is 2. The molecule has 0 spiro atoms. The Balaban J connectivity index is 1.25. The first-order valence-electron chi connectivity index (χ1n) is 15.5. The molecule has 1 aromatic carbocycles. The van der Waals surface area contributed by atoms with Gasteiger partial charge in [0.25, 0.3) is 0 Å². The summed E-state index contributed by atoms with van der Waals surface area (Å²) >= 11 is 0. The molecular formula is C33H43N5O4. The number of hydrogen-bond acceptors (Lipinski definition) is 8. The summed E-state index contributed by atoms with van der Waals surface area (Å²) in [6.07, 6.45) is 11.3. The highest BCUT2D eigenvalue weighted by Gasteiger charge is 2.53. The van der Waals surface area contributed by atoms with Gasteiger partial charge in [-0.05, 0) is 81.4 Å². The minimum absolute atomic E-state index is 0.0203. The maximum absolute atomic E-state index is 14.2. The van der Waals surface area contributed by atoms with E-state index in [1.54, 1.807) is 12.4 Å². The van der Waals surface area contributed by atoms with Crippen LogP contribution in [-0.4, -0.2) is 52.4 Å². The van der Waals surface area contributed by atoms with Crippen LogP contribution in [0.25, 0.3) is 11.1 Å². The van der Waals surface area contributed by atoms with Crippen molar-refractivity contribution in [3.05, 3.63) is 48.4 Å². The van der Waals surface area contributed by atoms with Crippen LogP contribution in [-0.2, 0) is 20.4 Å². The predicted molar refractivity (Wildman–Crippen MR) is 159 cm³/mol. The average molecular weight is 574 g/mol. The van der Waals surface area contributed by atoms with E-state index in [-0.39, 0.29) is 28.1 Å². The van der Waals surface area contributed by atoms with Gasteiger partial charge in [0.2, 0.25) is 11.8 Å². The summed E-state index contributed by atoms with van der Waals surface area (Å²) in [5, 5.41) is 4.34. The number of anilines is 1. The summed E-state index contributed by atoms with van der Waals surface area (Å²) in [5.74, 6) is 1.77. The lowest BCUT2D eigenvalue weighted by atomic mass is 9.53. The number of carbonyl (C=O) groups excluding carboxylic acids is 1. The molecule has 42 heavy (non-hydrogen) atoms. The minimum atomic E-state index is -0.136. The maximum Gasteiger partial charge on any atom is 0.316 e. The van der Waals surface area contributed by atoms with Crippen molar-refractivity contribution < 1.29 is 18.8 Å². The van der Waals surface area contributed by atoms with Crippen LogP contribution < -0.4 is 9.64 Å². The Kier molecular flexibility index (Phi) is 7.81. The number of hydrogen-bond donors (Lipinski definition) is 0. The number of rotatable bonds is 8. The van der Waals surface area contributed by atoms with Gasteiger partial charge in [-0.1, -0.05) is 38.1 Å². The molecule has 1 saturated heterocycles. The topological polar surface area (TPSA) is 103 Å². The Morgan fingerprint density at radius 1 is 1.02 bits per heavy atom. The molecule has 0 atom stereocenters. The zero-order valence-corrected chi connectivity index (χ0v) is 25.4. The number of fused-ring (bicyclic) bond motifs is 3. The summed E-state index contributed by atoms with van der Waals surface area (Å²) in [6, 6.07) is 8.61. The van der Waals surface area contributed by atoms with Gasteiger partial charge >= 0.3 is 6.01 Å². The molecule has 4 fully saturated rings. The molecule has 9 heteroatoms. The number of aromatic nitrogens is 4. The summed E-state index contributed by atoms with van der Waals surface area (Å²) in [6.45, 7) is 10.8. The Morgan fingerprint density at radius 2 is 1.71 bits per heavy atom. The highest BCUT2D eigenvalue weighted by atomic mass is 16.5. The van der Waals surface area contributed by atoms with E-state index >= 15 is 0 Å². The second-order valence-corrected chi connectivity index (χ2v) is 13.5. The van der Waals surface area contributed by atoms with E-state index in [0.717, 1.165) is 86.4 Å². The first kappa shape index (κ1) is 28.8. The van der Waals surface area contributed by atoms with Gasteiger partial charge in [-0.25, -0.2) is 9.97 Å². The van der Waals surface area contributed by atoms with Crippen molar-refractivity contribution in [2.45, 2.75) is 89.9 Å². The van der Waals surface area contributed by atoms with Crippen LogP contribution in [0, 0.1) is 11.3 Å². The maximum atomic E-state index is 14.2. The van der Waals surface area contributed by atoms with Crippen molar-refractivity contribution in [2.75, 3.05) is 31.3 Å². The van der Waals surface area contributed by atoms with Gasteiger partial charge in [0.05, 0.1) is 6.61 Å². The van der Waals surface area contributed by atoms with Gasteiger partial charge in [0, 0.05) is 60.2 Å². The Hall–Kier alpha value is -3.33. The molecule has 3 aromatic rings. The third-order valence-corrected chi connectivity index (χ3v) is 9.68. The molecule has 1 amide bonds. The first-order valence-corrected chi connectivity index (χ1v) is 15.5. The lowest BCUT2D eigenvalue weighted by Gasteiger charge is -2.53. The van der Waals surface area contributed by atoms with Crippen LogP contribution >= 0.6 is 0 Å². The van der Waals surface area contributed by atoms with Crippen LogP contribution in [0.1, 0.15) is 90.8 Å². The summed E-state index contributed by atoms with van der Waals surface area (Å²) in [7, 11) is 0. The molecular weight excluding hydrogens is 530 g/mol. The molecule has 0 N–H and O–H groups in total. The standard InChI is InChI=1S/C33H43N5O4/c1-5-41-30-34-20-25(21-35-30)24-7-6-8-26(19-24)38(27(39)23-9-17-40-18-10-23)22-32-11-14-33(15-12-32,16-13-32)29-36-28(37-42-29)31(2,3)4/h6-8,19-21,23H,5,9-18,22H2,1-4H3. The fourth-order valence-corrected chi connectivity index (χ4v) is 6.88. The second-order valence-electron chi connectivity index (χ2n) is 13.5. The number of benzene rings is 1. The van der Waals surface area contributed by atoms with Gasteiger partial charge in [-0.15, -0.1) is 0 Å². The van der Waals surface area contributed by atoms with Crippen LogP contribution in [0.2, 0.25) is 0 Å². The van der Waals surface area contributed by atoms with E-state index in [1.165, 1.54) is 0 Å². The zero-order valence-electron chi connectivity index (χ0n) is 25.4. The van der Waals surface area contributed by atoms with Crippen LogP contribution in [0.3, 0.4) is 0 Å². The largest absolute Gasteiger partial charge is 0.464 e. The van der Waals surface area contributed by atoms with Crippen molar-refractivity contribution >= 4 is 11.6 Å². The third kappa shape index (κ3) is 5.68. The van der Waals surface area contributed by atoms with Gasteiger partial charge in [0.15, 0.2) is 5.82 Å². The molecule has 2 bridgehead atoms. The lowest BCUT2D eigenvalue weighted by Crippen LogP contribution is -2.52. The Morgan fingerprint density at radius 3 is 2.33 bits per heavy atom. The molecule has 1 aliphatic heterocycles. The molecule has 0 unspecified atom stereocenters.